The van der Waals surface area contributed by atoms with Crippen LogP contribution in [0.3, 0.4) is 0 Å². The maximum absolute atomic E-state index is 11.7. The van der Waals surface area contributed by atoms with Crippen LogP contribution in [0.4, 0.5) is 5.69 Å². The summed E-state index contributed by atoms with van der Waals surface area (Å²) in [4.78, 5) is 11.7. The third kappa shape index (κ3) is 5.82. The molecule has 18 heavy (non-hydrogen) atoms. The highest BCUT2D eigenvalue weighted by Gasteiger charge is 2.03. The van der Waals surface area contributed by atoms with E-state index < -0.39 is 0 Å². The van der Waals surface area contributed by atoms with E-state index in [1.807, 2.05) is 31.2 Å². The molecule has 0 aliphatic rings. The molecule has 1 rings (SSSR count). The second kappa shape index (κ2) is 7.88. The molecule has 0 saturated heterocycles. The van der Waals surface area contributed by atoms with Crippen LogP contribution in [-0.4, -0.2) is 19.0 Å². The zero-order valence-electron chi connectivity index (χ0n) is 11.6. The summed E-state index contributed by atoms with van der Waals surface area (Å²) in [5.41, 5.74) is 2.00. The Balaban J connectivity index is 2.20. The van der Waals surface area contributed by atoms with E-state index in [9.17, 15) is 4.79 Å². The summed E-state index contributed by atoms with van der Waals surface area (Å²) in [6.45, 7) is 8.12. The van der Waals surface area contributed by atoms with Crippen LogP contribution in [0.15, 0.2) is 24.3 Å². The maximum Gasteiger partial charge on any atom is 0.225 e. The lowest BCUT2D eigenvalue weighted by molar-refractivity contribution is -0.116. The minimum absolute atomic E-state index is 0.0707. The minimum Gasteiger partial charge on any atom is -0.326 e. The lowest BCUT2D eigenvalue weighted by Gasteiger charge is -2.09. The fourth-order valence-corrected chi connectivity index (χ4v) is 1.64. The van der Waals surface area contributed by atoms with Crippen molar-refractivity contribution in [3.63, 3.8) is 0 Å². The third-order valence-corrected chi connectivity index (χ3v) is 2.85. The van der Waals surface area contributed by atoms with Gasteiger partial charge in [-0.05, 0) is 37.4 Å². The highest BCUT2D eigenvalue weighted by atomic mass is 16.1. The van der Waals surface area contributed by atoms with Gasteiger partial charge in [-0.3, -0.25) is 4.79 Å². The highest BCUT2D eigenvalue weighted by Crippen LogP contribution is 2.12. The van der Waals surface area contributed by atoms with E-state index in [4.69, 9.17) is 0 Å². The molecule has 0 bridgehead atoms. The monoisotopic (exact) mass is 248 g/mol. The number of aryl methyl sites for hydroxylation is 1. The molecular weight excluding hydrogens is 224 g/mol. The number of benzene rings is 1. The van der Waals surface area contributed by atoms with Crippen molar-refractivity contribution in [1.29, 1.82) is 0 Å². The predicted molar refractivity (Wildman–Crippen MR) is 76.8 cm³/mol. The molecule has 1 aromatic rings. The molecule has 3 heteroatoms. The lowest BCUT2D eigenvalue weighted by atomic mass is 10.1. The molecule has 3 nitrogen and oxygen atoms in total. The zero-order chi connectivity index (χ0) is 13.4. The van der Waals surface area contributed by atoms with Gasteiger partial charge in [0.05, 0.1) is 0 Å². The summed E-state index contributed by atoms with van der Waals surface area (Å²) in [6.07, 6.45) is 1.67. The second-order valence-electron chi connectivity index (χ2n) is 5.05. The molecule has 0 saturated carbocycles. The van der Waals surface area contributed by atoms with Crippen LogP contribution >= 0.6 is 0 Å². The van der Waals surface area contributed by atoms with Crippen molar-refractivity contribution in [3.05, 3.63) is 29.8 Å². The summed E-state index contributed by atoms with van der Waals surface area (Å²) in [5, 5.41) is 6.22. The average Bonchev–Trinajstić information content (AvgIpc) is 2.31. The number of carbonyl (C=O) groups is 1. The molecule has 2 N–H and O–H groups in total. The van der Waals surface area contributed by atoms with E-state index in [-0.39, 0.29) is 5.91 Å². The van der Waals surface area contributed by atoms with Crippen LogP contribution in [0, 0.1) is 12.8 Å². The second-order valence-corrected chi connectivity index (χ2v) is 5.05. The molecule has 0 aromatic heterocycles. The fraction of sp³-hybridized carbons (Fsp3) is 0.533. The largest absolute Gasteiger partial charge is 0.326 e. The summed E-state index contributed by atoms with van der Waals surface area (Å²) in [5.74, 6) is 0.777. The number of anilines is 1. The topological polar surface area (TPSA) is 41.1 Å². The zero-order valence-corrected chi connectivity index (χ0v) is 11.6. The van der Waals surface area contributed by atoms with E-state index in [0.717, 1.165) is 30.8 Å². The van der Waals surface area contributed by atoms with Gasteiger partial charge in [-0.25, -0.2) is 0 Å². The summed E-state index contributed by atoms with van der Waals surface area (Å²) >= 11 is 0. The molecular formula is C15H24N2O. The summed E-state index contributed by atoms with van der Waals surface area (Å²) in [7, 11) is 0. The Kier molecular flexibility index (Phi) is 6.44. The molecule has 0 heterocycles. The van der Waals surface area contributed by atoms with Crippen LogP contribution in [0.5, 0.6) is 0 Å². The normalized spacial score (nSPS) is 10.7. The maximum atomic E-state index is 11.7. The molecule has 0 unspecified atom stereocenters. The summed E-state index contributed by atoms with van der Waals surface area (Å²) in [6, 6.07) is 7.83. The quantitative estimate of drug-likeness (QED) is 0.728. The van der Waals surface area contributed by atoms with Gasteiger partial charge in [0.25, 0.3) is 0 Å². The van der Waals surface area contributed by atoms with E-state index in [0.29, 0.717) is 12.3 Å². The van der Waals surface area contributed by atoms with Gasteiger partial charge in [0.1, 0.15) is 0 Å². The van der Waals surface area contributed by atoms with Gasteiger partial charge >= 0.3 is 0 Å². The van der Waals surface area contributed by atoms with Crippen molar-refractivity contribution in [2.45, 2.75) is 33.6 Å². The van der Waals surface area contributed by atoms with Crippen LogP contribution in [0.25, 0.3) is 0 Å². The Morgan fingerprint density at radius 2 is 1.94 bits per heavy atom. The van der Waals surface area contributed by atoms with Crippen molar-refractivity contribution in [3.8, 4) is 0 Å². The highest BCUT2D eigenvalue weighted by molar-refractivity contribution is 5.91. The smallest absolute Gasteiger partial charge is 0.225 e. The Labute approximate surface area is 110 Å². The first-order valence-corrected chi connectivity index (χ1v) is 6.66. The number of rotatable bonds is 7. The van der Waals surface area contributed by atoms with Crippen LogP contribution in [0.2, 0.25) is 0 Å². The molecule has 100 valence electrons. The number of amides is 1. The molecule has 0 aliphatic heterocycles. The molecule has 0 atom stereocenters. The first kappa shape index (κ1) is 14.7. The Morgan fingerprint density at radius 1 is 1.22 bits per heavy atom. The number of para-hydroxylation sites is 1. The number of hydrogen-bond donors (Lipinski definition) is 2. The van der Waals surface area contributed by atoms with Crippen molar-refractivity contribution in [1.82, 2.24) is 5.32 Å². The number of nitrogens with one attached hydrogen (secondary N) is 2. The van der Waals surface area contributed by atoms with E-state index >= 15 is 0 Å². The fourth-order valence-electron chi connectivity index (χ4n) is 1.64. The van der Waals surface area contributed by atoms with Crippen molar-refractivity contribution >= 4 is 11.6 Å². The number of carbonyl (C=O) groups excluding carboxylic acids is 1. The van der Waals surface area contributed by atoms with E-state index in [1.54, 1.807) is 0 Å². The van der Waals surface area contributed by atoms with Gasteiger partial charge in [0.15, 0.2) is 0 Å². The van der Waals surface area contributed by atoms with Gasteiger partial charge in [-0.15, -0.1) is 0 Å². The first-order valence-electron chi connectivity index (χ1n) is 6.66. The lowest BCUT2D eigenvalue weighted by Crippen LogP contribution is -2.23. The Hall–Kier alpha value is -1.35. The van der Waals surface area contributed by atoms with E-state index in [2.05, 4.69) is 24.5 Å². The van der Waals surface area contributed by atoms with Crippen LogP contribution < -0.4 is 10.6 Å². The first-order chi connectivity index (χ1) is 8.59. The third-order valence-electron chi connectivity index (χ3n) is 2.85. The minimum atomic E-state index is 0.0707. The van der Waals surface area contributed by atoms with Gasteiger partial charge in [0.2, 0.25) is 5.91 Å². The molecule has 0 fully saturated rings. The molecule has 1 aromatic carbocycles. The van der Waals surface area contributed by atoms with Crippen molar-refractivity contribution in [2.75, 3.05) is 18.4 Å². The molecule has 0 aliphatic carbocycles. The predicted octanol–water partition coefficient (Wildman–Crippen LogP) is 2.96. The van der Waals surface area contributed by atoms with Crippen molar-refractivity contribution in [2.24, 2.45) is 5.92 Å². The number of hydrogen-bond acceptors (Lipinski definition) is 2. The van der Waals surface area contributed by atoms with Gasteiger partial charge < -0.3 is 10.6 Å². The van der Waals surface area contributed by atoms with Crippen LogP contribution in [0.1, 0.15) is 32.3 Å². The molecule has 0 radical (unpaired) electrons. The summed E-state index contributed by atoms with van der Waals surface area (Å²) < 4.78 is 0. The molecule has 1 amide bonds. The van der Waals surface area contributed by atoms with E-state index in [1.165, 1.54) is 0 Å². The van der Waals surface area contributed by atoms with Crippen molar-refractivity contribution < 1.29 is 4.79 Å². The SMILES string of the molecule is Cc1ccccc1NC(=O)CCNCCC(C)C. The molecule has 0 spiro atoms. The Bertz CT molecular complexity index is 375. The standard InChI is InChI=1S/C15H24N2O/c1-12(2)8-10-16-11-9-15(18)17-14-7-5-4-6-13(14)3/h4-7,12,16H,8-11H2,1-3H3,(H,17,18). The van der Waals surface area contributed by atoms with Gasteiger partial charge in [-0.2, -0.15) is 0 Å². The van der Waals surface area contributed by atoms with Gasteiger partial charge in [0, 0.05) is 18.7 Å². The van der Waals surface area contributed by atoms with Gasteiger partial charge in [-0.1, -0.05) is 32.0 Å². The average molecular weight is 248 g/mol. The Morgan fingerprint density at radius 3 is 2.61 bits per heavy atom. The van der Waals surface area contributed by atoms with Crippen LogP contribution in [-0.2, 0) is 4.79 Å².